The number of ether oxygens (including phenoxy) is 1. The highest BCUT2D eigenvalue weighted by Gasteiger charge is 2.23. The van der Waals surface area contributed by atoms with Crippen molar-refractivity contribution < 1.29 is 13.9 Å². The molecular weight excluding hydrogens is 385 g/mol. The van der Waals surface area contributed by atoms with Crippen molar-refractivity contribution in [2.75, 3.05) is 33.3 Å². The molecule has 2 aromatic carbocycles. The van der Waals surface area contributed by atoms with Crippen LogP contribution in [0.1, 0.15) is 11.3 Å². The molecule has 1 amide bonds. The number of nitrogens with zero attached hydrogens (tertiary/aromatic N) is 5. The molecule has 1 aliphatic rings. The standard InChI is InChI=1S/C22H24FN5O2/c1-30-21-9-5-2-6-17(21)14-22(29)27-12-10-26(11-13-27)16-18-15-24-25-28(18)20-8-4-3-7-19(20)23/h2-9,15H,10-14,16H2,1H3. The third-order valence-electron chi connectivity index (χ3n) is 5.35. The van der Waals surface area contributed by atoms with Crippen LogP contribution in [0.5, 0.6) is 5.75 Å². The van der Waals surface area contributed by atoms with Gasteiger partial charge in [-0.05, 0) is 18.2 Å². The van der Waals surface area contributed by atoms with Gasteiger partial charge in [-0.1, -0.05) is 35.5 Å². The van der Waals surface area contributed by atoms with Crippen molar-refractivity contribution in [3.63, 3.8) is 0 Å². The van der Waals surface area contributed by atoms with Crippen LogP contribution in [0.4, 0.5) is 4.39 Å². The molecule has 0 atom stereocenters. The number of carbonyl (C=O) groups excluding carboxylic acids is 1. The summed E-state index contributed by atoms with van der Waals surface area (Å²) in [5.41, 5.74) is 2.09. The second-order valence-corrected chi connectivity index (χ2v) is 7.23. The van der Waals surface area contributed by atoms with E-state index in [1.807, 2.05) is 29.2 Å². The van der Waals surface area contributed by atoms with Gasteiger partial charge in [-0.15, -0.1) is 5.10 Å². The highest BCUT2D eigenvalue weighted by atomic mass is 19.1. The van der Waals surface area contributed by atoms with Crippen molar-refractivity contribution in [3.8, 4) is 11.4 Å². The Kier molecular flexibility index (Phi) is 6.04. The fraction of sp³-hybridized carbons (Fsp3) is 0.318. The van der Waals surface area contributed by atoms with E-state index in [9.17, 15) is 9.18 Å². The van der Waals surface area contributed by atoms with Crippen molar-refractivity contribution in [2.24, 2.45) is 0 Å². The monoisotopic (exact) mass is 409 g/mol. The molecule has 1 saturated heterocycles. The number of para-hydroxylation sites is 2. The Morgan fingerprint density at radius 1 is 1.07 bits per heavy atom. The summed E-state index contributed by atoms with van der Waals surface area (Å²) in [7, 11) is 1.61. The van der Waals surface area contributed by atoms with Crippen LogP contribution in [0.25, 0.3) is 5.69 Å². The summed E-state index contributed by atoms with van der Waals surface area (Å²) in [6, 6.07) is 14.1. The summed E-state index contributed by atoms with van der Waals surface area (Å²) in [5, 5.41) is 8.00. The van der Waals surface area contributed by atoms with Crippen molar-refractivity contribution in [2.45, 2.75) is 13.0 Å². The molecule has 0 spiro atoms. The van der Waals surface area contributed by atoms with E-state index in [4.69, 9.17) is 4.74 Å². The summed E-state index contributed by atoms with van der Waals surface area (Å²) >= 11 is 0. The van der Waals surface area contributed by atoms with Crippen LogP contribution < -0.4 is 4.74 Å². The van der Waals surface area contributed by atoms with E-state index < -0.39 is 0 Å². The number of methoxy groups -OCH3 is 1. The van der Waals surface area contributed by atoms with Gasteiger partial charge >= 0.3 is 0 Å². The van der Waals surface area contributed by atoms with Gasteiger partial charge in [-0.25, -0.2) is 9.07 Å². The average Bonchev–Trinajstić information content (AvgIpc) is 3.22. The van der Waals surface area contributed by atoms with Crippen molar-refractivity contribution >= 4 is 5.91 Å². The minimum atomic E-state index is -0.337. The van der Waals surface area contributed by atoms with Gasteiger partial charge in [-0.3, -0.25) is 9.69 Å². The van der Waals surface area contributed by atoms with Crippen molar-refractivity contribution in [3.05, 3.63) is 71.8 Å². The van der Waals surface area contributed by atoms with Crippen LogP contribution in [-0.4, -0.2) is 64.0 Å². The molecule has 156 valence electrons. The second-order valence-electron chi connectivity index (χ2n) is 7.23. The van der Waals surface area contributed by atoms with E-state index in [0.717, 1.165) is 30.1 Å². The van der Waals surface area contributed by atoms with Crippen molar-refractivity contribution in [1.29, 1.82) is 0 Å². The number of halogens is 1. The lowest BCUT2D eigenvalue weighted by atomic mass is 10.1. The molecule has 1 aromatic heterocycles. The Labute approximate surface area is 174 Å². The van der Waals surface area contributed by atoms with Crippen LogP contribution in [-0.2, 0) is 17.8 Å². The molecule has 0 unspecified atom stereocenters. The van der Waals surface area contributed by atoms with E-state index in [1.54, 1.807) is 31.5 Å². The molecule has 0 radical (unpaired) electrons. The maximum Gasteiger partial charge on any atom is 0.227 e. The first kappa shape index (κ1) is 20.0. The molecule has 0 saturated carbocycles. The molecule has 8 heteroatoms. The number of aromatic nitrogens is 3. The maximum atomic E-state index is 14.1. The van der Waals surface area contributed by atoms with Crippen LogP contribution in [0, 0.1) is 5.82 Å². The quantitative estimate of drug-likeness (QED) is 0.625. The fourth-order valence-electron chi connectivity index (χ4n) is 3.70. The largest absolute Gasteiger partial charge is 0.496 e. The summed E-state index contributed by atoms with van der Waals surface area (Å²) in [6.45, 7) is 3.36. The van der Waals surface area contributed by atoms with Gasteiger partial charge in [-0.2, -0.15) is 0 Å². The van der Waals surface area contributed by atoms with Crippen LogP contribution in [0.2, 0.25) is 0 Å². The highest BCUT2D eigenvalue weighted by Crippen LogP contribution is 2.19. The predicted octanol–water partition coefficient (Wildman–Crippen LogP) is 2.30. The van der Waals surface area contributed by atoms with Gasteiger partial charge < -0.3 is 9.64 Å². The number of hydrogen-bond acceptors (Lipinski definition) is 5. The predicted molar refractivity (Wildman–Crippen MR) is 110 cm³/mol. The average molecular weight is 409 g/mol. The molecule has 1 fully saturated rings. The number of benzene rings is 2. The van der Waals surface area contributed by atoms with Gasteiger partial charge in [0, 0.05) is 38.3 Å². The lowest BCUT2D eigenvalue weighted by molar-refractivity contribution is -0.132. The van der Waals surface area contributed by atoms with Gasteiger partial charge in [0.05, 0.1) is 25.4 Å². The SMILES string of the molecule is COc1ccccc1CC(=O)N1CCN(Cc2cnnn2-c2ccccc2F)CC1. The Morgan fingerprint density at radius 2 is 1.80 bits per heavy atom. The number of hydrogen-bond donors (Lipinski definition) is 0. The Morgan fingerprint density at radius 3 is 2.57 bits per heavy atom. The van der Waals surface area contributed by atoms with Gasteiger partial charge in [0.1, 0.15) is 17.3 Å². The number of carbonyl (C=O) groups is 1. The highest BCUT2D eigenvalue weighted by molar-refractivity contribution is 5.79. The Bertz CT molecular complexity index is 1010. The Balaban J connectivity index is 1.35. The number of rotatable bonds is 6. The van der Waals surface area contributed by atoms with Crippen LogP contribution in [0.15, 0.2) is 54.7 Å². The first-order valence-electron chi connectivity index (χ1n) is 9.92. The lowest BCUT2D eigenvalue weighted by Gasteiger charge is -2.34. The normalized spacial score (nSPS) is 14.7. The zero-order chi connectivity index (χ0) is 20.9. The van der Waals surface area contributed by atoms with Gasteiger partial charge in [0.15, 0.2) is 0 Å². The minimum Gasteiger partial charge on any atom is -0.496 e. The van der Waals surface area contributed by atoms with E-state index in [1.165, 1.54) is 10.7 Å². The summed E-state index contributed by atoms with van der Waals surface area (Å²) in [4.78, 5) is 16.8. The van der Waals surface area contributed by atoms with Crippen molar-refractivity contribution in [1.82, 2.24) is 24.8 Å². The van der Waals surface area contributed by atoms with Gasteiger partial charge in [0.25, 0.3) is 0 Å². The van der Waals surface area contributed by atoms with E-state index in [-0.39, 0.29) is 11.7 Å². The minimum absolute atomic E-state index is 0.0946. The molecule has 3 aromatic rings. The first-order valence-corrected chi connectivity index (χ1v) is 9.92. The maximum absolute atomic E-state index is 14.1. The molecule has 0 aliphatic carbocycles. The smallest absolute Gasteiger partial charge is 0.227 e. The fourth-order valence-corrected chi connectivity index (χ4v) is 3.70. The van der Waals surface area contributed by atoms with Crippen LogP contribution in [0.3, 0.4) is 0 Å². The topological polar surface area (TPSA) is 63.5 Å². The van der Waals surface area contributed by atoms with Crippen LogP contribution >= 0.6 is 0 Å². The lowest BCUT2D eigenvalue weighted by Crippen LogP contribution is -2.48. The third kappa shape index (κ3) is 4.33. The van der Waals surface area contributed by atoms with E-state index >= 15 is 0 Å². The molecule has 4 rings (SSSR count). The van der Waals surface area contributed by atoms with Gasteiger partial charge in [0.2, 0.25) is 5.91 Å². The first-order chi connectivity index (χ1) is 14.7. The van der Waals surface area contributed by atoms with E-state index in [0.29, 0.717) is 31.7 Å². The zero-order valence-electron chi connectivity index (χ0n) is 16.9. The van der Waals surface area contributed by atoms with E-state index in [2.05, 4.69) is 15.2 Å². The number of piperazine rings is 1. The zero-order valence-corrected chi connectivity index (χ0v) is 16.9. The summed E-state index contributed by atoms with van der Waals surface area (Å²) < 4.78 is 21.0. The molecule has 0 bridgehead atoms. The number of amides is 1. The summed E-state index contributed by atoms with van der Waals surface area (Å²) in [5.74, 6) is 0.492. The second kappa shape index (κ2) is 9.04. The molecular formula is C22H24FN5O2. The third-order valence-corrected chi connectivity index (χ3v) is 5.35. The molecule has 1 aliphatic heterocycles. The molecule has 30 heavy (non-hydrogen) atoms. The molecule has 0 N–H and O–H groups in total. The summed E-state index contributed by atoms with van der Waals surface area (Å²) in [6.07, 6.45) is 1.99. The molecule has 2 heterocycles. The Hall–Kier alpha value is -3.26. The molecule has 7 nitrogen and oxygen atoms in total.